The zero-order valence-electron chi connectivity index (χ0n) is 13.1. The van der Waals surface area contributed by atoms with E-state index in [0.29, 0.717) is 24.4 Å². The molecule has 1 aromatic carbocycles. The summed E-state index contributed by atoms with van der Waals surface area (Å²) in [4.78, 5) is 4.61. The van der Waals surface area contributed by atoms with Gasteiger partial charge in [0, 0.05) is 31.4 Å². The van der Waals surface area contributed by atoms with Gasteiger partial charge in [0.05, 0.1) is 4.90 Å². The number of pyridine rings is 1. The number of nitrogens with zero attached hydrogens (tertiary/aromatic N) is 2. The van der Waals surface area contributed by atoms with Crippen molar-refractivity contribution in [3.63, 3.8) is 0 Å². The van der Waals surface area contributed by atoms with Crippen molar-refractivity contribution in [2.24, 2.45) is 0 Å². The highest BCUT2D eigenvalue weighted by Crippen LogP contribution is 2.17. The molecule has 0 N–H and O–H groups in total. The molecule has 0 spiro atoms. The summed E-state index contributed by atoms with van der Waals surface area (Å²) in [6.07, 6.45) is 3.13. The van der Waals surface area contributed by atoms with E-state index in [1.165, 1.54) is 0 Å². The van der Waals surface area contributed by atoms with E-state index in [-0.39, 0.29) is 0 Å². The lowest BCUT2D eigenvalue weighted by Gasteiger charge is -2.21. The van der Waals surface area contributed by atoms with E-state index in [2.05, 4.69) is 4.98 Å². The normalized spacial score (nSPS) is 11.8. The van der Waals surface area contributed by atoms with Crippen molar-refractivity contribution >= 4 is 10.0 Å². The van der Waals surface area contributed by atoms with Crippen LogP contribution in [-0.4, -0.2) is 30.8 Å². The Hall–Kier alpha value is -1.72. The third-order valence-corrected chi connectivity index (χ3v) is 5.39. The molecule has 0 bridgehead atoms. The Balaban J connectivity index is 2.17. The molecule has 22 heavy (non-hydrogen) atoms. The largest absolute Gasteiger partial charge is 0.261 e. The van der Waals surface area contributed by atoms with Gasteiger partial charge >= 0.3 is 0 Å². The number of hydrogen-bond acceptors (Lipinski definition) is 3. The van der Waals surface area contributed by atoms with Crippen LogP contribution in [0.4, 0.5) is 0 Å². The highest BCUT2D eigenvalue weighted by Gasteiger charge is 2.23. The summed E-state index contributed by atoms with van der Waals surface area (Å²) in [5, 5.41) is 0. The summed E-state index contributed by atoms with van der Waals surface area (Å²) in [6, 6.07) is 12.7. The van der Waals surface area contributed by atoms with Crippen LogP contribution in [-0.2, 0) is 16.4 Å². The average molecular weight is 318 g/mol. The SMILES string of the molecule is CCCN(CCc1ccccn1)S(=O)(=O)c1ccc(C)cc1. The molecule has 0 saturated heterocycles. The van der Waals surface area contributed by atoms with E-state index < -0.39 is 10.0 Å². The van der Waals surface area contributed by atoms with Crippen molar-refractivity contribution in [3.05, 3.63) is 59.9 Å². The summed E-state index contributed by atoms with van der Waals surface area (Å²) in [5.74, 6) is 0. The zero-order valence-corrected chi connectivity index (χ0v) is 13.9. The quantitative estimate of drug-likeness (QED) is 0.788. The third-order valence-electron chi connectivity index (χ3n) is 3.48. The zero-order chi connectivity index (χ0) is 16.0. The number of rotatable bonds is 7. The van der Waals surface area contributed by atoms with E-state index in [0.717, 1.165) is 17.7 Å². The molecule has 1 heterocycles. The van der Waals surface area contributed by atoms with Crippen LogP contribution >= 0.6 is 0 Å². The summed E-state index contributed by atoms with van der Waals surface area (Å²) in [6.45, 7) is 4.89. The minimum Gasteiger partial charge on any atom is -0.261 e. The Labute approximate surface area is 132 Å². The molecule has 118 valence electrons. The van der Waals surface area contributed by atoms with Gasteiger partial charge < -0.3 is 0 Å². The Morgan fingerprint density at radius 1 is 1.05 bits per heavy atom. The van der Waals surface area contributed by atoms with E-state index in [9.17, 15) is 8.42 Å². The minimum absolute atomic E-state index is 0.354. The molecule has 5 heteroatoms. The predicted molar refractivity (Wildman–Crippen MR) is 88.2 cm³/mol. The van der Waals surface area contributed by atoms with Gasteiger partial charge in [0.15, 0.2) is 0 Å². The molecule has 2 rings (SSSR count). The molecule has 4 nitrogen and oxygen atoms in total. The molecule has 0 aliphatic carbocycles. The van der Waals surface area contributed by atoms with Gasteiger partial charge in [0.25, 0.3) is 0 Å². The Bertz CT molecular complexity index is 682. The molecular formula is C17H22N2O2S. The van der Waals surface area contributed by atoms with Gasteiger partial charge in [-0.25, -0.2) is 8.42 Å². The van der Waals surface area contributed by atoms with Gasteiger partial charge in [-0.2, -0.15) is 4.31 Å². The molecule has 0 saturated carbocycles. The summed E-state index contributed by atoms with van der Waals surface area (Å²) >= 11 is 0. The minimum atomic E-state index is -3.44. The summed E-state index contributed by atoms with van der Waals surface area (Å²) < 4.78 is 27.1. The van der Waals surface area contributed by atoms with Crippen molar-refractivity contribution in [2.45, 2.75) is 31.6 Å². The van der Waals surface area contributed by atoms with Gasteiger partial charge in [-0.05, 0) is 37.6 Å². The molecule has 0 amide bonds. The first-order valence-corrected chi connectivity index (χ1v) is 8.95. The molecular weight excluding hydrogens is 296 g/mol. The van der Waals surface area contributed by atoms with Crippen molar-refractivity contribution in [3.8, 4) is 0 Å². The van der Waals surface area contributed by atoms with E-state index in [1.807, 2.05) is 44.2 Å². The topological polar surface area (TPSA) is 50.3 Å². The maximum atomic E-state index is 12.8. The van der Waals surface area contributed by atoms with E-state index in [4.69, 9.17) is 0 Å². The molecule has 0 radical (unpaired) electrons. The molecule has 0 unspecified atom stereocenters. The lowest BCUT2D eigenvalue weighted by atomic mass is 10.2. The Morgan fingerprint density at radius 2 is 1.77 bits per heavy atom. The fourth-order valence-corrected chi connectivity index (χ4v) is 3.78. The number of aryl methyl sites for hydroxylation is 1. The van der Waals surface area contributed by atoms with Gasteiger partial charge in [-0.3, -0.25) is 4.98 Å². The Kier molecular flexibility index (Phi) is 5.69. The van der Waals surface area contributed by atoms with Crippen molar-refractivity contribution < 1.29 is 8.42 Å². The average Bonchev–Trinajstić information content (AvgIpc) is 2.52. The highest BCUT2D eigenvalue weighted by atomic mass is 32.2. The van der Waals surface area contributed by atoms with Crippen LogP contribution in [0.2, 0.25) is 0 Å². The highest BCUT2D eigenvalue weighted by molar-refractivity contribution is 7.89. The monoisotopic (exact) mass is 318 g/mol. The van der Waals surface area contributed by atoms with Crippen LogP contribution in [0.5, 0.6) is 0 Å². The van der Waals surface area contributed by atoms with Crippen LogP contribution in [0.1, 0.15) is 24.6 Å². The number of aromatic nitrogens is 1. The first kappa shape index (κ1) is 16.6. The first-order valence-electron chi connectivity index (χ1n) is 7.50. The van der Waals surface area contributed by atoms with Crippen molar-refractivity contribution in [1.29, 1.82) is 0 Å². The fraction of sp³-hybridized carbons (Fsp3) is 0.353. The van der Waals surface area contributed by atoms with Crippen LogP contribution in [0, 0.1) is 6.92 Å². The maximum Gasteiger partial charge on any atom is 0.243 e. The molecule has 0 aliphatic rings. The number of benzene rings is 1. The van der Waals surface area contributed by atoms with Crippen molar-refractivity contribution in [2.75, 3.05) is 13.1 Å². The van der Waals surface area contributed by atoms with Crippen LogP contribution in [0.25, 0.3) is 0 Å². The standard InChI is InChI=1S/C17H22N2O2S/c1-3-13-19(14-11-16-6-4-5-12-18-16)22(20,21)17-9-7-15(2)8-10-17/h4-10,12H,3,11,13-14H2,1-2H3. The van der Waals surface area contributed by atoms with Gasteiger partial charge in [-0.15, -0.1) is 0 Å². The van der Waals surface area contributed by atoms with Crippen LogP contribution in [0.15, 0.2) is 53.6 Å². The molecule has 1 aromatic heterocycles. The number of hydrogen-bond donors (Lipinski definition) is 0. The van der Waals surface area contributed by atoms with Gasteiger partial charge in [0.2, 0.25) is 10.0 Å². The third kappa shape index (κ3) is 4.15. The van der Waals surface area contributed by atoms with Gasteiger partial charge in [0.1, 0.15) is 0 Å². The molecule has 0 aliphatic heterocycles. The first-order chi connectivity index (χ1) is 10.5. The van der Waals surface area contributed by atoms with Gasteiger partial charge in [-0.1, -0.05) is 30.7 Å². The van der Waals surface area contributed by atoms with E-state index in [1.54, 1.807) is 22.6 Å². The molecule has 0 atom stereocenters. The molecule has 2 aromatic rings. The second-order valence-corrected chi connectivity index (χ2v) is 7.23. The number of sulfonamides is 1. The smallest absolute Gasteiger partial charge is 0.243 e. The second kappa shape index (κ2) is 7.51. The molecule has 0 fully saturated rings. The van der Waals surface area contributed by atoms with E-state index >= 15 is 0 Å². The Morgan fingerprint density at radius 3 is 2.36 bits per heavy atom. The predicted octanol–water partition coefficient (Wildman–Crippen LogP) is 3.03. The van der Waals surface area contributed by atoms with Crippen LogP contribution < -0.4 is 0 Å². The lowest BCUT2D eigenvalue weighted by molar-refractivity contribution is 0.412. The summed E-state index contributed by atoms with van der Waals surface area (Å²) in [7, 11) is -3.44. The fourth-order valence-electron chi connectivity index (χ4n) is 2.25. The van der Waals surface area contributed by atoms with Crippen LogP contribution in [0.3, 0.4) is 0 Å². The lowest BCUT2D eigenvalue weighted by Crippen LogP contribution is -2.33. The van der Waals surface area contributed by atoms with Crippen molar-refractivity contribution in [1.82, 2.24) is 9.29 Å². The second-order valence-electron chi connectivity index (χ2n) is 5.29. The maximum absolute atomic E-state index is 12.8. The summed E-state index contributed by atoms with van der Waals surface area (Å²) in [5.41, 5.74) is 1.96.